The second-order valence-corrected chi connectivity index (χ2v) is 5.79. The van der Waals surface area contributed by atoms with E-state index in [4.69, 9.17) is 9.47 Å². The molecule has 2 heterocycles. The van der Waals surface area contributed by atoms with E-state index >= 15 is 0 Å². The van der Waals surface area contributed by atoms with Crippen LogP contribution in [0.2, 0.25) is 0 Å². The molecule has 0 bridgehead atoms. The summed E-state index contributed by atoms with van der Waals surface area (Å²) >= 11 is 0. The number of ether oxygens (including phenoxy) is 2. The van der Waals surface area contributed by atoms with Gasteiger partial charge in [-0.25, -0.2) is 0 Å². The average Bonchev–Trinajstić information content (AvgIpc) is 2.95. The first-order valence-electron chi connectivity index (χ1n) is 7.28. The normalized spacial score (nSPS) is 35.3. The van der Waals surface area contributed by atoms with E-state index < -0.39 is 0 Å². The van der Waals surface area contributed by atoms with Crippen molar-refractivity contribution in [2.45, 2.75) is 38.2 Å². The fourth-order valence-corrected chi connectivity index (χ4v) is 3.01. The number of carbonyl (C=O) groups excluding carboxylic acids is 1. The Morgan fingerprint density at radius 3 is 2.84 bits per heavy atom. The van der Waals surface area contributed by atoms with Gasteiger partial charge in [0.1, 0.15) is 5.60 Å². The zero-order chi connectivity index (χ0) is 13.8. The van der Waals surface area contributed by atoms with Crippen LogP contribution in [0.1, 0.15) is 32.6 Å². The van der Waals surface area contributed by atoms with Crippen molar-refractivity contribution in [3.63, 3.8) is 0 Å². The second-order valence-electron chi connectivity index (χ2n) is 5.79. The van der Waals surface area contributed by atoms with E-state index in [0.717, 1.165) is 38.8 Å². The third-order valence-corrected chi connectivity index (χ3v) is 4.70. The molecule has 0 radical (unpaired) electrons. The van der Waals surface area contributed by atoms with Crippen molar-refractivity contribution in [2.75, 3.05) is 40.0 Å². The Kier molecular flexibility index (Phi) is 4.81. The first-order chi connectivity index (χ1) is 9.16. The molecule has 110 valence electrons. The highest BCUT2D eigenvalue weighted by molar-refractivity contribution is 5.83. The molecule has 0 spiro atoms. The van der Waals surface area contributed by atoms with Gasteiger partial charge in [-0.2, -0.15) is 0 Å². The molecule has 0 aliphatic carbocycles. The Morgan fingerprint density at radius 1 is 1.47 bits per heavy atom. The summed E-state index contributed by atoms with van der Waals surface area (Å²) in [5, 5.41) is 6.44. The summed E-state index contributed by atoms with van der Waals surface area (Å²) in [5.74, 6) is 0.158. The Bertz CT molecular complexity index is 308. The second kappa shape index (κ2) is 6.20. The average molecular weight is 270 g/mol. The van der Waals surface area contributed by atoms with Crippen LogP contribution in [0.5, 0.6) is 0 Å². The summed E-state index contributed by atoms with van der Waals surface area (Å²) in [5.41, 5.74) is -0.570. The van der Waals surface area contributed by atoms with Crippen LogP contribution in [0.3, 0.4) is 0 Å². The molecule has 1 amide bonds. The van der Waals surface area contributed by atoms with Crippen molar-refractivity contribution in [3.8, 4) is 0 Å². The van der Waals surface area contributed by atoms with Gasteiger partial charge in [0.05, 0.1) is 12.0 Å². The number of amides is 1. The summed E-state index contributed by atoms with van der Waals surface area (Å²) in [4.78, 5) is 12.5. The zero-order valence-corrected chi connectivity index (χ0v) is 12.1. The molecule has 2 aliphatic rings. The van der Waals surface area contributed by atoms with E-state index in [1.54, 1.807) is 7.11 Å². The van der Waals surface area contributed by atoms with E-state index in [-0.39, 0.29) is 16.9 Å². The first-order valence-corrected chi connectivity index (χ1v) is 7.28. The van der Waals surface area contributed by atoms with Crippen LogP contribution in [-0.2, 0) is 14.3 Å². The minimum Gasteiger partial charge on any atom is -0.378 e. The lowest BCUT2D eigenvalue weighted by Crippen LogP contribution is -2.54. The number of nitrogens with one attached hydrogen (secondary N) is 2. The summed E-state index contributed by atoms with van der Waals surface area (Å²) in [6.45, 7) is 5.73. The van der Waals surface area contributed by atoms with Gasteiger partial charge in [-0.15, -0.1) is 0 Å². The molecule has 2 rings (SSSR count). The zero-order valence-electron chi connectivity index (χ0n) is 12.1. The summed E-state index contributed by atoms with van der Waals surface area (Å²) < 4.78 is 10.9. The Balaban J connectivity index is 1.92. The molecular formula is C14H26N2O3. The van der Waals surface area contributed by atoms with Crippen LogP contribution in [0, 0.1) is 5.41 Å². The lowest BCUT2D eigenvalue weighted by molar-refractivity contribution is -0.134. The molecule has 2 unspecified atom stereocenters. The number of carbonyl (C=O) groups is 1. The third-order valence-electron chi connectivity index (χ3n) is 4.70. The summed E-state index contributed by atoms with van der Waals surface area (Å²) in [7, 11) is 1.69. The van der Waals surface area contributed by atoms with Crippen molar-refractivity contribution in [1.29, 1.82) is 0 Å². The highest BCUT2D eigenvalue weighted by Gasteiger charge is 2.40. The van der Waals surface area contributed by atoms with Crippen molar-refractivity contribution < 1.29 is 14.3 Å². The quantitative estimate of drug-likeness (QED) is 0.771. The highest BCUT2D eigenvalue weighted by Crippen LogP contribution is 2.30. The van der Waals surface area contributed by atoms with Crippen LogP contribution in [0.4, 0.5) is 0 Å². The highest BCUT2D eigenvalue weighted by atomic mass is 16.5. The van der Waals surface area contributed by atoms with Crippen molar-refractivity contribution in [1.82, 2.24) is 10.6 Å². The van der Waals surface area contributed by atoms with Gasteiger partial charge >= 0.3 is 0 Å². The van der Waals surface area contributed by atoms with Gasteiger partial charge in [0, 0.05) is 33.2 Å². The van der Waals surface area contributed by atoms with Crippen LogP contribution < -0.4 is 10.6 Å². The van der Waals surface area contributed by atoms with E-state index in [2.05, 4.69) is 17.6 Å². The van der Waals surface area contributed by atoms with Crippen LogP contribution in [-0.4, -0.2) is 51.5 Å². The van der Waals surface area contributed by atoms with E-state index in [9.17, 15) is 4.79 Å². The maximum Gasteiger partial charge on any atom is 0.227 e. The molecule has 2 atom stereocenters. The van der Waals surface area contributed by atoms with Crippen LogP contribution >= 0.6 is 0 Å². The van der Waals surface area contributed by atoms with Gasteiger partial charge in [0.2, 0.25) is 5.91 Å². The van der Waals surface area contributed by atoms with Gasteiger partial charge in [0.25, 0.3) is 0 Å². The SMILES string of the molecule is CCC1(C(=O)NCC2(OC)CCOC2)CCCNC1. The molecule has 0 aromatic rings. The number of piperidine rings is 1. The molecule has 2 fully saturated rings. The third kappa shape index (κ3) is 3.09. The molecule has 2 saturated heterocycles. The number of methoxy groups -OCH3 is 1. The molecule has 5 heteroatoms. The number of hydrogen-bond acceptors (Lipinski definition) is 4. The molecule has 2 aliphatic heterocycles. The van der Waals surface area contributed by atoms with Gasteiger partial charge in [-0.3, -0.25) is 4.79 Å². The Morgan fingerprint density at radius 2 is 2.32 bits per heavy atom. The standard InChI is InChI=1S/C14H26N2O3/c1-3-13(5-4-7-15-9-13)12(17)16-10-14(18-2)6-8-19-11-14/h15H,3-11H2,1-2H3,(H,16,17). The molecular weight excluding hydrogens is 244 g/mol. The van der Waals surface area contributed by atoms with Gasteiger partial charge in [-0.1, -0.05) is 6.92 Å². The molecule has 0 aromatic heterocycles. The minimum atomic E-state index is -0.327. The maximum atomic E-state index is 12.5. The molecule has 0 saturated carbocycles. The van der Waals surface area contributed by atoms with Crippen molar-refractivity contribution in [2.24, 2.45) is 5.41 Å². The van der Waals surface area contributed by atoms with Crippen LogP contribution in [0.15, 0.2) is 0 Å². The fourth-order valence-electron chi connectivity index (χ4n) is 3.01. The maximum absolute atomic E-state index is 12.5. The predicted molar refractivity (Wildman–Crippen MR) is 73.0 cm³/mol. The van der Waals surface area contributed by atoms with Crippen LogP contribution in [0.25, 0.3) is 0 Å². The van der Waals surface area contributed by atoms with Gasteiger partial charge in [0.15, 0.2) is 0 Å². The number of rotatable bonds is 5. The first kappa shape index (κ1) is 14.8. The monoisotopic (exact) mass is 270 g/mol. The van der Waals surface area contributed by atoms with E-state index in [1.807, 2.05) is 0 Å². The largest absolute Gasteiger partial charge is 0.378 e. The van der Waals surface area contributed by atoms with Crippen molar-refractivity contribution >= 4 is 5.91 Å². The minimum absolute atomic E-state index is 0.158. The smallest absolute Gasteiger partial charge is 0.227 e. The lowest BCUT2D eigenvalue weighted by Gasteiger charge is -2.36. The Hall–Kier alpha value is -0.650. The topological polar surface area (TPSA) is 59.6 Å². The molecule has 19 heavy (non-hydrogen) atoms. The predicted octanol–water partition coefficient (Wildman–Crippen LogP) is 0.688. The summed E-state index contributed by atoms with van der Waals surface area (Å²) in [6, 6.07) is 0. The lowest BCUT2D eigenvalue weighted by atomic mass is 9.77. The number of hydrogen-bond donors (Lipinski definition) is 2. The van der Waals surface area contributed by atoms with E-state index in [0.29, 0.717) is 19.8 Å². The fraction of sp³-hybridized carbons (Fsp3) is 0.929. The van der Waals surface area contributed by atoms with Gasteiger partial charge in [-0.05, 0) is 25.8 Å². The van der Waals surface area contributed by atoms with E-state index in [1.165, 1.54) is 0 Å². The van der Waals surface area contributed by atoms with Crippen molar-refractivity contribution in [3.05, 3.63) is 0 Å². The summed E-state index contributed by atoms with van der Waals surface area (Å²) in [6.07, 6.45) is 3.77. The van der Waals surface area contributed by atoms with Gasteiger partial charge < -0.3 is 20.1 Å². The Labute approximate surface area is 115 Å². The molecule has 5 nitrogen and oxygen atoms in total. The molecule has 0 aromatic carbocycles. The molecule has 2 N–H and O–H groups in total.